The first-order chi connectivity index (χ1) is 9.38. The third-order valence-electron chi connectivity index (χ3n) is 2.78. The van der Waals surface area contributed by atoms with Gasteiger partial charge in [0.05, 0.1) is 5.69 Å². The Morgan fingerprint density at radius 3 is 2.50 bits per heavy atom. The number of nitrogen functional groups attached to an aromatic ring is 1. The SMILES string of the molecule is Cc1ccc(C(=O)Nc2cc(F)cc(F)c2F)cc1N. The largest absolute Gasteiger partial charge is 0.398 e. The number of nitrogens with one attached hydrogen (secondary N) is 1. The lowest BCUT2D eigenvalue weighted by molar-refractivity contribution is 0.102. The number of carbonyl (C=O) groups excluding carboxylic acids is 1. The van der Waals surface area contributed by atoms with Crippen molar-refractivity contribution in [3.8, 4) is 0 Å². The van der Waals surface area contributed by atoms with Crippen molar-refractivity contribution >= 4 is 17.3 Å². The molecule has 6 heteroatoms. The van der Waals surface area contributed by atoms with E-state index in [0.29, 0.717) is 17.8 Å². The average Bonchev–Trinajstić information content (AvgIpc) is 2.38. The van der Waals surface area contributed by atoms with Crippen molar-refractivity contribution in [1.29, 1.82) is 0 Å². The minimum Gasteiger partial charge on any atom is -0.398 e. The fraction of sp³-hybridized carbons (Fsp3) is 0.0714. The molecule has 104 valence electrons. The van der Waals surface area contributed by atoms with Crippen LogP contribution in [0.1, 0.15) is 15.9 Å². The zero-order chi connectivity index (χ0) is 14.9. The number of nitrogens with two attached hydrogens (primary N) is 1. The van der Waals surface area contributed by atoms with Gasteiger partial charge in [-0.3, -0.25) is 4.79 Å². The molecule has 2 aromatic rings. The van der Waals surface area contributed by atoms with E-state index in [1.54, 1.807) is 13.0 Å². The standard InChI is InChI=1S/C14H11F3N2O/c1-7-2-3-8(4-11(7)18)14(20)19-12-6-9(15)5-10(16)13(12)17/h2-6H,18H2,1H3,(H,19,20). The molecule has 0 unspecified atom stereocenters. The van der Waals surface area contributed by atoms with Crippen LogP contribution < -0.4 is 11.1 Å². The highest BCUT2D eigenvalue weighted by Crippen LogP contribution is 2.20. The fourth-order valence-electron chi connectivity index (χ4n) is 1.62. The van der Waals surface area contributed by atoms with Crippen molar-refractivity contribution < 1.29 is 18.0 Å². The lowest BCUT2D eigenvalue weighted by atomic mass is 10.1. The van der Waals surface area contributed by atoms with E-state index in [1.807, 2.05) is 0 Å². The molecule has 0 heterocycles. The maximum atomic E-state index is 13.4. The van der Waals surface area contributed by atoms with Crippen molar-refractivity contribution in [3.63, 3.8) is 0 Å². The Kier molecular flexibility index (Phi) is 3.65. The van der Waals surface area contributed by atoms with Crippen molar-refractivity contribution in [3.05, 3.63) is 58.9 Å². The molecular formula is C14H11F3N2O. The van der Waals surface area contributed by atoms with Crippen LogP contribution in [0.3, 0.4) is 0 Å². The number of aryl methyl sites for hydroxylation is 1. The van der Waals surface area contributed by atoms with Gasteiger partial charge in [-0.1, -0.05) is 6.07 Å². The van der Waals surface area contributed by atoms with E-state index < -0.39 is 29.0 Å². The number of benzene rings is 2. The van der Waals surface area contributed by atoms with Gasteiger partial charge in [0.2, 0.25) is 0 Å². The predicted molar refractivity (Wildman–Crippen MR) is 69.9 cm³/mol. The molecule has 0 atom stereocenters. The number of amides is 1. The smallest absolute Gasteiger partial charge is 0.255 e. The van der Waals surface area contributed by atoms with Crippen LogP contribution in [-0.4, -0.2) is 5.91 Å². The summed E-state index contributed by atoms with van der Waals surface area (Å²) in [4.78, 5) is 11.9. The molecule has 0 saturated carbocycles. The minimum absolute atomic E-state index is 0.164. The Hall–Kier alpha value is -2.50. The first-order valence-corrected chi connectivity index (χ1v) is 5.70. The summed E-state index contributed by atoms with van der Waals surface area (Å²) in [5, 5.41) is 2.11. The molecule has 3 nitrogen and oxygen atoms in total. The van der Waals surface area contributed by atoms with Crippen molar-refractivity contribution in [2.75, 3.05) is 11.1 Å². The summed E-state index contributed by atoms with van der Waals surface area (Å²) in [6, 6.07) is 5.60. The molecule has 0 bridgehead atoms. The number of rotatable bonds is 2. The Bertz CT molecular complexity index is 686. The van der Waals surface area contributed by atoms with Crippen LogP contribution in [-0.2, 0) is 0 Å². The highest BCUT2D eigenvalue weighted by Gasteiger charge is 2.15. The van der Waals surface area contributed by atoms with Crippen molar-refractivity contribution in [2.45, 2.75) is 6.92 Å². The zero-order valence-corrected chi connectivity index (χ0v) is 10.5. The molecule has 0 spiro atoms. The Morgan fingerprint density at radius 1 is 1.15 bits per heavy atom. The summed E-state index contributed by atoms with van der Waals surface area (Å²) in [5.74, 6) is -4.38. The highest BCUT2D eigenvalue weighted by atomic mass is 19.2. The van der Waals surface area contributed by atoms with Crippen molar-refractivity contribution in [1.82, 2.24) is 0 Å². The van der Waals surface area contributed by atoms with E-state index in [0.717, 1.165) is 5.56 Å². The molecule has 0 saturated heterocycles. The molecule has 2 rings (SSSR count). The quantitative estimate of drug-likeness (QED) is 0.655. The van der Waals surface area contributed by atoms with E-state index in [9.17, 15) is 18.0 Å². The molecule has 20 heavy (non-hydrogen) atoms. The minimum atomic E-state index is -1.37. The third kappa shape index (κ3) is 2.74. The van der Waals surface area contributed by atoms with Gasteiger partial charge < -0.3 is 11.1 Å². The van der Waals surface area contributed by atoms with Gasteiger partial charge in [-0.05, 0) is 24.6 Å². The first-order valence-electron chi connectivity index (χ1n) is 5.70. The van der Waals surface area contributed by atoms with Gasteiger partial charge >= 0.3 is 0 Å². The fourth-order valence-corrected chi connectivity index (χ4v) is 1.62. The lowest BCUT2D eigenvalue weighted by Crippen LogP contribution is -2.14. The van der Waals surface area contributed by atoms with Crippen LogP contribution in [0, 0.1) is 24.4 Å². The Labute approximate surface area is 113 Å². The van der Waals surface area contributed by atoms with E-state index in [2.05, 4.69) is 5.32 Å². The van der Waals surface area contributed by atoms with Crippen LogP contribution in [0.5, 0.6) is 0 Å². The van der Waals surface area contributed by atoms with E-state index in [4.69, 9.17) is 5.73 Å². The normalized spacial score (nSPS) is 10.4. The molecule has 0 aliphatic heterocycles. The molecule has 0 aliphatic rings. The van der Waals surface area contributed by atoms with Gasteiger partial charge in [0, 0.05) is 23.4 Å². The molecule has 0 radical (unpaired) electrons. The van der Waals surface area contributed by atoms with Gasteiger partial charge in [0.15, 0.2) is 11.6 Å². The second-order valence-electron chi connectivity index (χ2n) is 4.27. The topological polar surface area (TPSA) is 55.1 Å². The number of hydrogen-bond donors (Lipinski definition) is 2. The predicted octanol–water partition coefficient (Wildman–Crippen LogP) is 3.25. The Morgan fingerprint density at radius 2 is 1.85 bits per heavy atom. The number of halogens is 3. The number of hydrogen-bond acceptors (Lipinski definition) is 2. The van der Waals surface area contributed by atoms with Crippen LogP contribution >= 0.6 is 0 Å². The Balaban J connectivity index is 2.30. The maximum Gasteiger partial charge on any atom is 0.255 e. The maximum absolute atomic E-state index is 13.4. The summed E-state index contributed by atoms with van der Waals surface area (Å²) in [7, 11) is 0. The molecule has 0 fully saturated rings. The lowest BCUT2D eigenvalue weighted by Gasteiger charge is -2.08. The van der Waals surface area contributed by atoms with Crippen LogP contribution in [0.25, 0.3) is 0 Å². The number of carbonyl (C=O) groups is 1. The van der Waals surface area contributed by atoms with Crippen LogP contribution in [0.4, 0.5) is 24.5 Å². The van der Waals surface area contributed by atoms with Gasteiger partial charge in [-0.2, -0.15) is 0 Å². The summed E-state index contributed by atoms with van der Waals surface area (Å²) in [5.41, 5.74) is 6.43. The van der Waals surface area contributed by atoms with Crippen molar-refractivity contribution in [2.24, 2.45) is 0 Å². The summed E-state index contributed by atoms with van der Waals surface area (Å²) in [6.45, 7) is 1.76. The highest BCUT2D eigenvalue weighted by molar-refractivity contribution is 6.04. The molecule has 2 aromatic carbocycles. The number of anilines is 2. The van der Waals surface area contributed by atoms with Crippen LogP contribution in [0.15, 0.2) is 30.3 Å². The molecule has 0 aromatic heterocycles. The van der Waals surface area contributed by atoms with E-state index >= 15 is 0 Å². The molecule has 1 amide bonds. The van der Waals surface area contributed by atoms with E-state index in [1.165, 1.54) is 12.1 Å². The second-order valence-corrected chi connectivity index (χ2v) is 4.27. The van der Waals surface area contributed by atoms with Gasteiger partial charge in [0.1, 0.15) is 5.82 Å². The van der Waals surface area contributed by atoms with Gasteiger partial charge in [-0.25, -0.2) is 13.2 Å². The third-order valence-corrected chi connectivity index (χ3v) is 2.78. The zero-order valence-electron chi connectivity index (χ0n) is 10.5. The first kappa shape index (κ1) is 13.9. The summed E-state index contributed by atoms with van der Waals surface area (Å²) in [6.07, 6.45) is 0. The summed E-state index contributed by atoms with van der Waals surface area (Å²) < 4.78 is 39.4. The molecular weight excluding hydrogens is 269 g/mol. The van der Waals surface area contributed by atoms with Gasteiger partial charge in [0.25, 0.3) is 5.91 Å². The molecule has 0 aliphatic carbocycles. The average molecular weight is 280 g/mol. The van der Waals surface area contributed by atoms with E-state index in [-0.39, 0.29) is 5.56 Å². The molecule has 3 N–H and O–H groups in total. The van der Waals surface area contributed by atoms with Crippen LogP contribution in [0.2, 0.25) is 0 Å². The second kappa shape index (κ2) is 5.24. The monoisotopic (exact) mass is 280 g/mol. The summed E-state index contributed by atoms with van der Waals surface area (Å²) >= 11 is 0. The van der Waals surface area contributed by atoms with Gasteiger partial charge in [-0.15, -0.1) is 0 Å².